The van der Waals surface area contributed by atoms with E-state index in [4.69, 9.17) is 5.73 Å². The van der Waals surface area contributed by atoms with Crippen LogP contribution in [0.3, 0.4) is 0 Å². The molecule has 2 aliphatic carbocycles. The lowest BCUT2D eigenvalue weighted by Gasteiger charge is -2.36. The molecule has 3 fully saturated rings. The van der Waals surface area contributed by atoms with Crippen molar-refractivity contribution in [3.63, 3.8) is 0 Å². The summed E-state index contributed by atoms with van der Waals surface area (Å²) in [5, 5.41) is 0. The average Bonchev–Trinajstić information content (AvgIpc) is 3.30. The van der Waals surface area contributed by atoms with Gasteiger partial charge in [-0.1, -0.05) is 12.1 Å². The van der Waals surface area contributed by atoms with Gasteiger partial charge in [0.2, 0.25) is 0 Å². The molecule has 1 saturated heterocycles. The van der Waals surface area contributed by atoms with Gasteiger partial charge in [-0.25, -0.2) is 9.98 Å². The van der Waals surface area contributed by atoms with Gasteiger partial charge in [0.05, 0.1) is 17.3 Å². The zero-order valence-corrected chi connectivity index (χ0v) is 17.0. The van der Waals surface area contributed by atoms with Crippen molar-refractivity contribution in [2.45, 2.75) is 44.2 Å². The SMILES string of the molecule is Cc1cccc(N=C(N)[C@@H]2[C@@H]3C[C@@H](C4CC43)N2c2cc(C(F)(F)F)cc(C(F)(F)F)n2)c1. The molecule has 0 radical (unpaired) electrons. The van der Waals surface area contributed by atoms with Crippen molar-refractivity contribution in [3.8, 4) is 0 Å². The van der Waals surface area contributed by atoms with Crippen molar-refractivity contribution in [3.05, 3.63) is 53.2 Å². The van der Waals surface area contributed by atoms with E-state index in [1.165, 1.54) is 0 Å². The Labute approximate surface area is 180 Å². The first kappa shape index (κ1) is 21.1. The third-order valence-electron chi connectivity index (χ3n) is 6.77. The molecule has 5 rings (SSSR count). The predicted octanol–water partition coefficient (Wildman–Crippen LogP) is 5.33. The van der Waals surface area contributed by atoms with Crippen LogP contribution in [0.4, 0.5) is 37.8 Å². The monoisotopic (exact) mass is 454 g/mol. The van der Waals surface area contributed by atoms with Crippen molar-refractivity contribution in [1.82, 2.24) is 4.98 Å². The summed E-state index contributed by atoms with van der Waals surface area (Å²) in [6.45, 7) is 1.89. The second kappa shape index (κ2) is 6.86. The Kier molecular flexibility index (Phi) is 4.52. The number of aromatic nitrogens is 1. The highest BCUT2D eigenvalue weighted by Gasteiger charge is 2.65. The van der Waals surface area contributed by atoms with Gasteiger partial charge in [-0.05, 0) is 67.3 Å². The van der Waals surface area contributed by atoms with Crippen LogP contribution in [0.25, 0.3) is 0 Å². The lowest BCUT2D eigenvalue weighted by atomic mass is 9.95. The van der Waals surface area contributed by atoms with E-state index in [9.17, 15) is 26.3 Å². The maximum absolute atomic E-state index is 13.4. The molecule has 2 bridgehead atoms. The van der Waals surface area contributed by atoms with Crippen molar-refractivity contribution in [2.24, 2.45) is 28.5 Å². The summed E-state index contributed by atoms with van der Waals surface area (Å²) in [4.78, 5) is 9.64. The van der Waals surface area contributed by atoms with Gasteiger partial charge in [0.1, 0.15) is 17.3 Å². The Morgan fingerprint density at radius 2 is 1.75 bits per heavy atom. The minimum atomic E-state index is -5.01. The van der Waals surface area contributed by atoms with Crippen LogP contribution in [0.1, 0.15) is 29.7 Å². The van der Waals surface area contributed by atoms with E-state index in [2.05, 4.69) is 9.98 Å². The second-order valence-electron chi connectivity index (χ2n) is 8.85. The number of hydrogen-bond acceptors (Lipinski definition) is 3. The number of anilines is 1. The van der Waals surface area contributed by atoms with Crippen molar-refractivity contribution >= 4 is 17.3 Å². The Morgan fingerprint density at radius 1 is 1.00 bits per heavy atom. The maximum atomic E-state index is 13.4. The van der Waals surface area contributed by atoms with E-state index in [0.29, 0.717) is 24.1 Å². The minimum absolute atomic E-state index is 0.0317. The van der Waals surface area contributed by atoms with Gasteiger partial charge in [-0.15, -0.1) is 0 Å². The summed E-state index contributed by atoms with van der Waals surface area (Å²) in [5.74, 6) is 0.483. The second-order valence-corrected chi connectivity index (χ2v) is 8.85. The highest BCUT2D eigenvalue weighted by atomic mass is 19.4. The molecule has 5 atom stereocenters. The van der Waals surface area contributed by atoms with Gasteiger partial charge in [0, 0.05) is 6.04 Å². The van der Waals surface area contributed by atoms with Crippen molar-refractivity contribution in [2.75, 3.05) is 4.90 Å². The summed E-state index contributed by atoms with van der Waals surface area (Å²) >= 11 is 0. The first-order valence-electron chi connectivity index (χ1n) is 10.3. The molecule has 2 saturated carbocycles. The summed E-state index contributed by atoms with van der Waals surface area (Å²) in [6, 6.07) is 7.22. The van der Waals surface area contributed by atoms with Gasteiger partial charge in [-0.3, -0.25) is 0 Å². The third-order valence-corrected chi connectivity index (χ3v) is 6.77. The fourth-order valence-corrected chi connectivity index (χ4v) is 5.44. The topological polar surface area (TPSA) is 54.5 Å². The Morgan fingerprint density at radius 3 is 2.41 bits per heavy atom. The molecule has 2 unspecified atom stereocenters. The number of benzene rings is 1. The van der Waals surface area contributed by atoms with Gasteiger partial charge in [0.15, 0.2) is 0 Å². The Balaban J connectivity index is 1.60. The number of halogens is 6. The maximum Gasteiger partial charge on any atom is 0.433 e. The fourth-order valence-electron chi connectivity index (χ4n) is 5.44. The Bertz CT molecular complexity index is 1060. The number of alkyl halides is 6. The molecule has 4 nitrogen and oxygen atoms in total. The van der Waals surface area contributed by atoms with Crippen LogP contribution >= 0.6 is 0 Å². The van der Waals surface area contributed by atoms with E-state index in [1.807, 2.05) is 19.1 Å². The summed E-state index contributed by atoms with van der Waals surface area (Å²) in [6.07, 6.45) is -8.39. The summed E-state index contributed by atoms with van der Waals surface area (Å²) in [5.41, 5.74) is 4.95. The van der Waals surface area contributed by atoms with Crippen LogP contribution in [-0.2, 0) is 12.4 Å². The molecule has 2 aromatic rings. The first-order chi connectivity index (χ1) is 14.9. The highest BCUT2D eigenvalue weighted by molar-refractivity contribution is 5.92. The fraction of sp³-hybridized carbons (Fsp3) is 0.455. The van der Waals surface area contributed by atoms with Crippen LogP contribution < -0.4 is 10.6 Å². The van der Waals surface area contributed by atoms with E-state index in [1.54, 1.807) is 17.0 Å². The lowest BCUT2D eigenvalue weighted by molar-refractivity contribution is -0.145. The number of aliphatic imine (C=N–C) groups is 1. The zero-order valence-electron chi connectivity index (χ0n) is 17.0. The molecular formula is C22H20F6N4. The predicted molar refractivity (Wildman–Crippen MR) is 106 cm³/mol. The lowest BCUT2D eigenvalue weighted by Crippen LogP contribution is -2.50. The van der Waals surface area contributed by atoms with E-state index >= 15 is 0 Å². The number of aryl methyl sites for hydroxylation is 1. The number of fused-ring (bicyclic) bond motifs is 5. The van der Waals surface area contributed by atoms with Crippen LogP contribution in [0.2, 0.25) is 0 Å². The van der Waals surface area contributed by atoms with Gasteiger partial charge in [-0.2, -0.15) is 26.3 Å². The molecule has 1 aromatic carbocycles. The summed E-state index contributed by atoms with van der Waals surface area (Å²) in [7, 11) is 0. The largest absolute Gasteiger partial charge is 0.433 e. The standard InChI is InChI=1S/C22H20F6N4/c1-10-3-2-4-12(5-10)30-20(29)19-15-9-16(14-8-13(14)15)32(19)18-7-11(21(23,24)25)6-17(31-18)22(26,27)28/h2-7,13-16,19H,8-9H2,1H3,(H2,29,30)/t13?,14?,15-,16+,19+/m1/s1. The average molecular weight is 454 g/mol. The quantitative estimate of drug-likeness (QED) is 0.388. The minimum Gasteiger partial charge on any atom is -0.385 e. The Hall–Kier alpha value is -2.78. The van der Waals surface area contributed by atoms with Gasteiger partial charge < -0.3 is 10.6 Å². The zero-order chi connectivity index (χ0) is 23.0. The van der Waals surface area contributed by atoms with E-state index in [0.717, 1.165) is 12.0 Å². The summed E-state index contributed by atoms with van der Waals surface area (Å²) < 4.78 is 80.4. The number of amidine groups is 1. The normalized spacial score (nSPS) is 29.4. The van der Waals surface area contributed by atoms with Crippen LogP contribution in [-0.4, -0.2) is 22.9 Å². The number of rotatable bonds is 3. The number of pyridine rings is 1. The molecule has 3 aliphatic rings. The van der Waals surface area contributed by atoms with Crippen molar-refractivity contribution < 1.29 is 26.3 Å². The molecule has 1 aromatic heterocycles. The molecular weight excluding hydrogens is 434 g/mol. The molecule has 2 heterocycles. The smallest absolute Gasteiger partial charge is 0.385 e. The van der Waals surface area contributed by atoms with Crippen LogP contribution in [0.5, 0.6) is 0 Å². The number of nitrogens with two attached hydrogens (primary N) is 1. The van der Waals surface area contributed by atoms with Gasteiger partial charge >= 0.3 is 12.4 Å². The van der Waals surface area contributed by atoms with Crippen molar-refractivity contribution in [1.29, 1.82) is 0 Å². The van der Waals surface area contributed by atoms with Gasteiger partial charge in [0.25, 0.3) is 0 Å². The molecule has 2 N–H and O–H groups in total. The highest BCUT2D eigenvalue weighted by Crippen LogP contribution is 2.64. The molecule has 1 aliphatic heterocycles. The number of nitrogens with zero attached hydrogens (tertiary/aromatic N) is 3. The molecule has 170 valence electrons. The third kappa shape index (κ3) is 3.49. The van der Waals surface area contributed by atoms with E-state index in [-0.39, 0.29) is 35.6 Å². The molecule has 0 amide bonds. The molecule has 0 spiro atoms. The van der Waals surface area contributed by atoms with Crippen LogP contribution in [0, 0.1) is 24.7 Å². The number of piperidine rings is 1. The first-order valence-corrected chi connectivity index (χ1v) is 10.3. The molecule has 10 heteroatoms. The number of hydrogen-bond donors (Lipinski definition) is 1. The van der Waals surface area contributed by atoms with E-state index < -0.39 is 29.7 Å². The molecule has 32 heavy (non-hydrogen) atoms. The van der Waals surface area contributed by atoms with Crippen LogP contribution in [0.15, 0.2) is 41.4 Å².